The molecule has 3 amide bonds. The van der Waals surface area contributed by atoms with Gasteiger partial charge in [0, 0.05) is 51.4 Å². The molecule has 10 heteroatoms. The van der Waals surface area contributed by atoms with Gasteiger partial charge in [0.25, 0.3) is 5.91 Å². The number of hydrogen-bond donors (Lipinski definition) is 1. The third kappa shape index (κ3) is 7.09. The minimum absolute atomic E-state index is 0.119. The fourth-order valence-electron chi connectivity index (χ4n) is 4.05. The average Bonchev–Trinajstić information content (AvgIpc) is 2.89. The third-order valence-corrected chi connectivity index (χ3v) is 5.96. The van der Waals surface area contributed by atoms with E-state index in [9.17, 15) is 9.59 Å². The molecular formula is C24H36N4O6. The predicted octanol–water partition coefficient (Wildman–Crippen LogP) is 1.07. The number of methoxy groups -OCH3 is 2. The number of nitrogens with zero attached hydrogens (tertiary/aromatic N) is 3. The van der Waals surface area contributed by atoms with Crippen LogP contribution < -0.4 is 14.8 Å². The smallest absolute Gasteiger partial charge is 0.317 e. The van der Waals surface area contributed by atoms with Crippen molar-refractivity contribution in [1.29, 1.82) is 0 Å². The van der Waals surface area contributed by atoms with Gasteiger partial charge in [0.2, 0.25) is 0 Å². The summed E-state index contributed by atoms with van der Waals surface area (Å²) in [4.78, 5) is 31.7. The number of ether oxygens (including phenoxy) is 4. The maximum atomic E-state index is 13.5. The van der Waals surface area contributed by atoms with Crippen LogP contribution in [0.25, 0.3) is 0 Å². The highest BCUT2D eigenvalue weighted by molar-refractivity contribution is 5.95. The van der Waals surface area contributed by atoms with Gasteiger partial charge >= 0.3 is 6.03 Å². The Morgan fingerprint density at radius 3 is 2.65 bits per heavy atom. The largest absolute Gasteiger partial charge is 0.493 e. The Hall–Kier alpha value is -2.82. The molecule has 0 saturated carbocycles. The van der Waals surface area contributed by atoms with E-state index in [1.54, 1.807) is 48.3 Å². The number of morpholine rings is 2. The first kappa shape index (κ1) is 25.8. The summed E-state index contributed by atoms with van der Waals surface area (Å²) in [6.45, 7) is 10.1. The van der Waals surface area contributed by atoms with E-state index < -0.39 is 0 Å². The number of benzene rings is 1. The van der Waals surface area contributed by atoms with E-state index in [2.05, 4.69) is 16.8 Å². The van der Waals surface area contributed by atoms with E-state index in [1.807, 2.05) is 0 Å². The van der Waals surface area contributed by atoms with Gasteiger partial charge in [-0.05, 0) is 18.2 Å². The van der Waals surface area contributed by atoms with Crippen LogP contribution in [0.4, 0.5) is 4.79 Å². The first-order valence-corrected chi connectivity index (χ1v) is 11.6. The lowest BCUT2D eigenvalue weighted by atomic mass is 10.1. The fraction of sp³-hybridized carbons (Fsp3) is 0.583. The second kappa shape index (κ2) is 13.2. The fourth-order valence-corrected chi connectivity index (χ4v) is 4.05. The summed E-state index contributed by atoms with van der Waals surface area (Å²) < 4.78 is 22.1. The lowest BCUT2D eigenvalue weighted by Gasteiger charge is -2.36. The molecule has 2 saturated heterocycles. The Balaban J connectivity index is 1.71. The van der Waals surface area contributed by atoms with Crippen molar-refractivity contribution < 1.29 is 28.5 Å². The van der Waals surface area contributed by atoms with Crippen molar-refractivity contribution in [2.45, 2.75) is 6.10 Å². The zero-order chi connectivity index (χ0) is 24.3. The molecule has 0 aliphatic carbocycles. The van der Waals surface area contributed by atoms with Crippen molar-refractivity contribution in [2.24, 2.45) is 0 Å². The van der Waals surface area contributed by atoms with Gasteiger partial charge in [-0.25, -0.2) is 4.79 Å². The summed E-state index contributed by atoms with van der Waals surface area (Å²) in [5.41, 5.74) is 0.510. The number of urea groups is 1. The molecule has 1 N–H and O–H groups in total. The maximum absolute atomic E-state index is 13.5. The zero-order valence-electron chi connectivity index (χ0n) is 20.2. The van der Waals surface area contributed by atoms with Gasteiger partial charge in [-0.2, -0.15) is 0 Å². The van der Waals surface area contributed by atoms with Gasteiger partial charge in [0.1, 0.15) is 0 Å². The highest BCUT2D eigenvalue weighted by atomic mass is 16.5. The predicted molar refractivity (Wildman–Crippen MR) is 128 cm³/mol. The van der Waals surface area contributed by atoms with Crippen molar-refractivity contribution in [3.63, 3.8) is 0 Å². The van der Waals surface area contributed by atoms with Gasteiger partial charge in [-0.15, -0.1) is 6.58 Å². The van der Waals surface area contributed by atoms with Gasteiger partial charge in [-0.1, -0.05) is 6.08 Å². The molecule has 2 aliphatic rings. The number of amides is 3. The summed E-state index contributed by atoms with van der Waals surface area (Å²) in [5, 5.41) is 2.80. The lowest BCUT2D eigenvalue weighted by Crippen LogP contribution is -2.53. The van der Waals surface area contributed by atoms with Crippen LogP contribution in [0.3, 0.4) is 0 Å². The first-order valence-electron chi connectivity index (χ1n) is 11.6. The SMILES string of the molecule is C=CCNC(=O)N1CCOC(CN(CCN2CCOCC2)C(=O)c2ccc(OC)c(OC)c2)C1. The van der Waals surface area contributed by atoms with E-state index >= 15 is 0 Å². The van der Waals surface area contributed by atoms with Crippen molar-refractivity contribution in [3.05, 3.63) is 36.4 Å². The molecule has 0 bridgehead atoms. The Bertz CT molecular complexity index is 830. The third-order valence-electron chi connectivity index (χ3n) is 5.96. The van der Waals surface area contributed by atoms with Gasteiger partial charge in [0.15, 0.2) is 11.5 Å². The van der Waals surface area contributed by atoms with Crippen LogP contribution in [0, 0.1) is 0 Å². The van der Waals surface area contributed by atoms with Crippen LogP contribution in [-0.2, 0) is 9.47 Å². The van der Waals surface area contributed by atoms with Crippen molar-refractivity contribution in [3.8, 4) is 11.5 Å². The molecule has 188 valence electrons. The summed E-state index contributed by atoms with van der Waals surface area (Å²) in [6, 6.07) is 5.01. The highest BCUT2D eigenvalue weighted by Gasteiger charge is 2.28. The van der Waals surface area contributed by atoms with E-state index in [4.69, 9.17) is 18.9 Å². The van der Waals surface area contributed by atoms with Crippen molar-refractivity contribution in [1.82, 2.24) is 20.0 Å². The number of carbonyl (C=O) groups excluding carboxylic acids is 2. The monoisotopic (exact) mass is 476 g/mol. The lowest BCUT2D eigenvalue weighted by molar-refractivity contribution is -0.0295. The van der Waals surface area contributed by atoms with Crippen LogP contribution in [0.5, 0.6) is 11.5 Å². The topological polar surface area (TPSA) is 92.8 Å². The quantitative estimate of drug-likeness (QED) is 0.505. The second-order valence-corrected chi connectivity index (χ2v) is 8.19. The standard InChI is InChI=1S/C24H36N4O6/c1-4-7-25-24(30)28-12-15-34-20(18-28)17-27(9-8-26-10-13-33-14-11-26)23(29)19-5-6-21(31-2)22(16-19)32-3/h4-6,16,20H,1,7-15,17-18H2,2-3H3,(H,25,30). The summed E-state index contributed by atoms with van der Waals surface area (Å²) in [5.74, 6) is 0.946. The molecule has 1 unspecified atom stereocenters. The molecule has 3 rings (SSSR count). The summed E-state index contributed by atoms with van der Waals surface area (Å²) in [7, 11) is 3.11. The molecule has 2 aliphatic heterocycles. The van der Waals surface area contributed by atoms with Crippen LogP contribution in [-0.4, -0.2) is 119 Å². The van der Waals surface area contributed by atoms with Gasteiger partial charge in [0.05, 0.1) is 46.7 Å². The minimum Gasteiger partial charge on any atom is -0.493 e. The molecule has 2 heterocycles. The zero-order valence-corrected chi connectivity index (χ0v) is 20.2. The molecule has 1 aromatic carbocycles. The molecule has 1 aromatic rings. The van der Waals surface area contributed by atoms with E-state index in [0.717, 1.165) is 19.6 Å². The van der Waals surface area contributed by atoms with Crippen molar-refractivity contribution >= 4 is 11.9 Å². The molecule has 1 atom stereocenters. The average molecular weight is 477 g/mol. The van der Waals surface area contributed by atoms with E-state index in [0.29, 0.717) is 69.6 Å². The van der Waals surface area contributed by atoms with Gasteiger partial charge < -0.3 is 34.1 Å². The molecule has 0 aromatic heterocycles. The molecule has 10 nitrogen and oxygen atoms in total. The highest BCUT2D eigenvalue weighted by Crippen LogP contribution is 2.28. The van der Waals surface area contributed by atoms with Crippen LogP contribution in [0.1, 0.15) is 10.4 Å². The molecule has 0 radical (unpaired) electrons. The van der Waals surface area contributed by atoms with Crippen LogP contribution >= 0.6 is 0 Å². The first-order chi connectivity index (χ1) is 16.5. The molecule has 0 spiro atoms. The molecule has 2 fully saturated rings. The summed E-state index contributed by atoms with van der Waals surface area (Å²) >= 11 is 0. The van der Waals surface area contributed by atoms with Crippen LogP contribution in [0.2, 0.25) is 0 Å². The Morgan fingerprint density at radius 2 is 1.94 bits per heavy atom. The number of carbonyl (C=O) groups is 2. The van der Waals surface area contributed by atoms with Crippen molar-refractivity contribution in [2.75, 3.05) is 86.4 Å². The Kier molecular flexibility index (Phi) is 9.99. The van der Waals surface area contributed by atoms with Gasteiger partial charge in [-0.3, -0.25) is 9.69 Å². The number of rotatable bonds is 10. The number of hydrogen-bond acceptors (Lipinski definition) is 7. The van der Waals surface area contributed by atoms with Crippen LogP contribution in [0.15, 0.2) is 30.9 Å². The minimum atomic E-state index is -0.281. The molecule has 34 heavy (non-hydrogen) atoms. The summed E-state index contributed by atoms with van der Waals surface area (Å²) in [6.07, 6.45) is 1.36. The van der Waals surface area contributed by atoms with E-state index in [-0.39, 0.29) is 18.0 Å². The molecular weight excluding hydrogens is 440 g/mol. The Morgan fingerprint density at radius 1 is 1.18 bits per heavy atom. The Labute approximate surface area is 201 Å². The maximum Gasteiger partial charge on any atom is 0.317 e. The number of nitrogens with one attached hydrogen (secondary N) is 1. The normalized spacial score (nSPS) is 18.8. The van der Waals surface area contributed by atoms with E-state index in [1.165, 1.54) is 0 Å². The second-order valence-electron chi connectivity index (χ2n) is 8.19.